The summed E-state index contributed by atoms with van der Waals surface area (Å²) in [5, 5.41) is 15.1. The first-order valence-electron chi connectivity index (χ1n) is 6.07. The van der Waals surface area contributed by atoms with Crippen molar-refractivity contribution in [3.8, 4) is 5.75 Å². The lowest BCUT2D eigenvalue weighted by Crippen LogP contribution is -2.28. The number of nitrogens with zero attached hydrogens (tertiary/aromatic N) is 2. The molecule has 1 N–H and O–H groups in total. The Kier molecular flexibility index (Phi) is 5.57. The number of hydrogen-bond acceptors (Lipinski definition) is 6. The minimum atomic E-state index is -1.28. The maximum Gasteiger partial charge on any atom is 0.165 e. The highest BCUT2D eigenvalue weighted by Gasteiger charge is 2.00. The largest absolute Gasteiger partial charge is 0.546 e. The molecule has 0 amide bonds. The summed E-state index contributed by atoms with van der Waals surface area (Å²) in [6.07, 6.45) is 3.00. The van der Waals surface area contributed by atoms with Crippen LogP contribution in [0, 0.1) is 0 Å². The third-order valence-corrected chi connectivity index (χ3v) is 2.92. The molecule has 0 fully saturated rings. The molecule has 1 aromatic heterocycles. The Morgan fingerprint density at radius 3 is 2.73 bits per heavy atom. The minimum absolute atomic E-state index is 0.357. The molecule has 0 spiro atoms. The maximum absolute atomic E-state index is 10.3. The van der Waals surface area contributed by atoms with Crippen molar-refractivity contribution in [2.75, 3.05) is 12.0 Å². The number of aliphatic carboxylic acids is 1. The second-order valence-electron chi connectivity index (χ2n) is 4.08. The average molecular weight is 339 g/mol. The number of ether oxygens (including phenoxy) is 1. The van der Waals surface area contributed by atoms with Crippen molar-refractivity contribution < 1.29 is 14.6 Å². The van der Waals surface area contributed by atoms with Crippen LogP contribution in [0.25, 0.3) is 0 Å². The third-order valence-electron chi connectivity index (χ3n) is 2.43. The van der Waals surface area contributed by atoms with E-state index in [1.54, 1.807) is 36.5 Å². The molecule has 2 aromatic rings. The highest BCUT2D eigenvalue weighted by molar-refractivity contribution is 6.35. The number of aromatic nitrogens is 1. The summed E-state index contributed by atoms with van der Waals surface area (Å²) >= 11 is 11.7. The zero-order valence-corrected chi connectivity index (χ0v) is 12.6. The van der Waals surface area contributed by atoms with Crippen LogP contribution in [0.4, 0.5) is 5.82 Å². The molecule has 0 aliphatic rings. The lowest BCUT2D eigenvalue weighted by Gasteiger charge is -2.06. The number of carboxylic acid groups (broad SMARTS) is 1. The number of carbonyl (C=O) groups excluding carboxylic acids is 1. The normalized spacial score (nSPS) is 10.6. The van der Waals surface area contributed by atoms with Crippen LogP contribution in [0.1, 0.15) is 5.56 Å². The monoisotopic (exact) mass is 338 g/mol. The number of carboxylic acids is 1. The van der Waals surface area contributed by atoms with E-state index >= 15 is 0 Å². The van der Waals surface area contributed by atoms with Gasteiger partial charge in [-0.2, -0.15) is 5.10 Å². The zero-order chi connectivity index (χ0) is 15.9. The number of anilines is 1. The Morgan fingerprint density at radius 1 is 1.36 bits per heavy atom. The summed E-state index contributed by atoms with van der Waals surface area (Å²) in [6, 6.07) is 8.23. The van der Waals surface area contributed by atoms with Crippen LogP contribution >= 0.6 is 23.2 Å². The summed E-state index contributed by atoms with van der Waals surface area (Å²) in [5.74, 6) is -0.463. The van der Waals surface area contributed by atoms with Crippen molar-refractivity contribution in [3.05, 3.63) is 52.1 Å². The van der Waals surface area contributed by atoms with E-state index in [4.69, 9.17) is 27.9 Å². The van der Waals surface area contributed by atoms with Gasteiger partial charge in [-0.25, -0.2) is 4.98 Å². The third kappa shape index (κ3) is 4.91. The Hall–Kier alpha value is -2.31. The van der Waals surface area contributed by atoms with Crippen LogP contribution in [0.15, 0.2) is 41.6 Å². The lowest BCUT2D eigenvalue weighted by molar-refractivity contribution is -0.307. The number of carbonyl (C=O) groups is 1. The summed E-state index contributed by atoms with van der Waals surface area (Å²) in [5.41, 5.74) is 3.47. The molecule has 1 heterocycles. The van der Waals surface area contributed by atoms with Gasteiger partial charge in [0.25, 0.3) is 0 Å². The van der Waals surface area contributed by atoms with Gasteiger partial charge in [0.05, 0.1) is 22.2 Å². The Balaban J connectivity index is 1.94. The zero-order valence-electron chi connectivity index (χ0n) is 11.1. The Morgan fingerprint density at radius 2 is 2.09 bits per heavy atom. The minimum Gasteiger partial charge on any atom is -0.546 e. The molecule has 0 saturated heterocycles. The van der Waals surface area contributed by atoms with Crippen molar-refractivity contribution >= 4 is 41.2 Å². The highest BCUT2D eigenvalue weighted by atomic mass is 35.5. The molecule has 1 aromatic carbocycles. The number of nitrogens with one attached hydrogen (secondary N) is 1. The molecule has 6 nitrogen and oxygen atoms in total. The van der Waals surface area contributed by atoms with Crippen molar-refractivity contribution in [1.82, 2.24) is 4.98 Å². The van der Waals surface area contributed by atoms with Gasteiger partial charge in [-0.3, -0.25) is 5.43 Å². The first-order valence-corrected chi connectivity index (χ1v) is 6.83. The number of hydrazone groups is 1. The number of rotatable bonds is 6. The standard InChI is InChI=1S/C14H11Cl2N3O3/c15-10-5-12(16)14(17-7-10)19-18-6-9-1-3-11(4-2-9)22-8-13(20)21/h1-7H,8H2,(H,17,19)(H,20,21)/p-1/b18-6-. The van der Waals surface area contributed by atoms with Gasteiger partial charge in [-0.1, -0.05) is 23.2 Å². The predicted octanol–water partition coefficient (Wildman–Crippen LogP) is 1.96. The summed E-state index contributed by atoms with van der Waals surface area (Å²) in [7, 11) is 0. The highest BCUT2D eigenvalue weighted by Crippen LogP contribution is 2.22. The molecule has 0 aliphatic carbocycles. The van der Waals surface area contributed by atoms with Crippen LogP contribution in [0.2, 0.25) is 10.0 Å². The maximum atomic E-state index is 10.3. The number of pyridine rings is 1. The van der Waals surface area contributed by atoms with Crippen molar-refractivity contribution in [2.24, 2.45) is 5.10 Å². The van der Waals surface area contributed by atoms with Crippen LogP contribution in [0.5, 0.6) is 5.75 Å². The Labute approximate surface area is 136 Å². The molecule has 0 saturated carbocycles. The lowest BCUT2D eigenvalue weighted by atomic mass is 10.2. The van der Waals surface area contributed by atoms with Crippen molar-refractivity contribution in [2.45, 2.75) is 0 Å². The van der Waals surface area contributed by atoms with E-state index in [0.717, 1.165) is 5.56 Å². The van der Waals surface area contributed by atoms with Gasteiger partial charge < -0.3 is 14.6 Å². The Bertz CT molecular complexity index is 690. The number of halogens is 2. The van der Waals surface area contributed by atoms with E-state index in [1.807, 2.05) is 0 Å². The molecule has 0 radical (unpaired) electrons. The van der Waals surface area contributed by atoms with Gasteiger partial charge in [-0.15, -0.1) is 0 Å². The van der Waals surface area contributed by atoms with Gasteiger partial charge in [-0.05, 0) is 35.9 Å². The van der Waals surface area contributed by atoms with Crippen LogP contribution in [-0.4, -0.2) is 23.8 Å². The van der Waals surface area contributed by atoms with Crippen molar-refractivity contribution in [3.63, 3.8) is 0 Å². The van der Waals surface area contributed by atoms with Gasteiger partial charge >= 0.3 is 0 Å². The van der Waals surface area contributed by atoms with Crippen LogP contribution < -0.4 is 15.3 Å². The number of benzene rings is 1. The van der Waals surface area contributed by atoms with Gasteiger partial charge in [0.15, 0.2) is 5.82 Å². The SMILES string of the molecule is O=C([O-])COc1ccc(/C=N\Nc2ncc(Cl)cc2Cl)cc1. The van der Waals surface area contributed by atoms with Crippen LogP contribution in [0.3, 0.4) is 0 Å². The van der Waals surface area contributed by atoms with Gasteiger partial charge in [0.1, 0.15) is 12.4 Å². The van der Waals surface area contributed by atoms with Gasteiger partial charge in [0.2, 0.25) is 0 Å². The first kappa shape index (κ1) is 16.1. The van der Waals surface area contributed by atoms with E-state index < -0.39 is 12.6 Å². The molecule has 0 aliphatic heterocycles. The van der Waals surface area contributed by atoms with E-state index in [0.29, 0.717) is 21.6 Å². The molecular weight excluding hydrogens is 329 g/mol. The van der Waals surface area contributed by atoms with E-state index in [1.165, 1.54) is 6.20 Å². The molecular formula is C14H10Cl2N3O3-. The summed E-state index contributed by atoms with van der Waals surface area (Å²) in [4.78, 5) is 14.3. The summed E-state index contributed by atoms with van der Waals surface area (Å²) < 4.78 is 4.96. The molecule has 2 rings (SSSR count). The smallest absolute Gasteiger partial charge is 0.165 e. The number of hydrogen-bond donors (Lipinski definition) is 1. The first-order chi connectivity index (χ1) is 10.5. The topological polar surface area (TPSA) is 86.6 Å². The molecule has 0 unspecified atom stereocenters. The molecule has 22 heavy (non-hydrogen) atoms. The van der Waals surface area contributed by atoms with Crippen molar-refractivity contribution in [1.29, 1.82) is 0 Å². The second kappa shape index (κ2) is 7.63. The average Bonchev–Trinajstić information content (AvgIpc) is 2.48. The molecule has 8 heteroatoms. The fourth-order valence-electron chi connectivity index (χ4n) is 1.46. The predicted molar refractivity (Wildman–Crippen MR) is 82.4 cm³/mol. The molecule has 0 bridgehead atoms. The fraction of sp³-hybridized carbons (Fsp3) is 0.0714. The van der Waals surface area contributed by atoms with E-state index in [9.17, 15) is 9.90 Å². The van der Waals surface area contributed by atoms with E-state index in [2.05, 4.69) is 15.5 Å². The summed E-state index contributed by atoms with van der Waals surface area (Å²) in [6.45, 7) is -0.490. The molecule has 0 atom stereocenters. The quantitative estimate of drug-likeness (QED) is 0.642. The van der Waals surface area contributed by atoms with Crippen LogP contribution in [-0.2, 0) is 4.79 Å². The van der Waals surface area contributed by atoms with E-state index in [-0.39, 0.29) is 0 Å². The van der Waals surface area contributed by atoms with Gasteiger partial charge in [0, 0.05) is 6.20 Å². The second-order valence-corrected chi connectivity index (χ2v) is 4.93. The molecule has 114 valence electrons. The fourth-order valence-corrected chi connectivity index (χ4v) is 1.88.